The zero-order valence-corrected chi connectivity index (χ0v) is 22.3. The van der Waals surface area contributed by atoms with Crippen LogP contribution in [0.3, 0.4) is 0 Å². The highest BCUT2D eigenvalue weighted by Gasteiger charge is 2.21. The number of hydrogen-bond donors (Lipinski definition) is 3. The summed E-state index contributed by atoms with van der Waals surface area (Å²) in [4.78, 5) is 40.0. The van der Waals surface area contributed by atoms with Crippen LogP contribution in [0.25, 0.3) is 21.9 Å². The van der Waals surface area contributed by atoms with Crippen molar-refractivity contribution in [1.82, 2.24) is 14.5 Å². The third kappa shape index (κ3) is 5.95. The maximum Gasteiger partial charge on any atom is 0.524 e. The topological polar surface area (TPSA) is 141 Å². The summed E-state index contributed by atoms with van der Waals surface area (Å²) in [6, 6.07) is 12.9. The lowest BCUT2D eigenvalue weighted by Crippen LogP contribution is -2.08. The fraction of sp³-hybridized carbons (Fsp3) is 0.320. The van der Waals surface area contributed by atoms with Gasteiger partial charge in [0, 0.05) is 24.8 Å². The van der Waals surface area contributed by atoms with Crippen LogP contribution in [-0.4, -0.2) is 35.4 Å². The van der Waals surface area contributed by atoms with Crippen molar-refractivity contribution in [3.8, 4) is 5.75 Å². The minimum Gasteiger partial charge on any atom is -0.404 e. The average Bonchev–Trinajstić information content (AvgIpc) is 3.20. The summed E-state index contributed by atoms with van der Waals surface area (Å²) in [6.45, 7) is 2.58. The normalized spacial score (nSPS) is 11.9. The Labute approximate surface area is 217 Å². The van der Waals surface area contributed by atoms with Gasteiger partial charge in [-0.2, -0.15) is 0 Å². The van der Waals surface area contributed by atoms with E-state index >= 15 is 0 Å². The van der Waals surface area contributed by atoms with E-state index in [2.05, 4.69) is 32.4 Å². The van der Waals surface area contributed by atoms with Gasteiger partial charge in [-0.15, -0.1) is 0 Å². The molecule has 0 saturated carbocycles. The smallest absolute Gasteiger partial charge is 0.404 e. The summed E-state index contributed by atoms with van der Waals surface area (Å²) in [5.41, 5.74) is 10.1. The van der Waals surface area contributed by atoms with Crippen molar-refractivity contribution in [1.29, 1.82) is 0 Å². The summed E-state index contributed by atoms with van der Waals surface area (Å²) in [5.74, 6) is 1.32. The molecular weight excluding hydrogens is 547 g/mol. The third-order valence-electron chi connectivity index (χ3n) is 5.95. The number of carbonyl (C=O) groups is 1. The number of nitrogens with zero attached hydrogens (tertiary/aromatic N) is 3. The van der Waals surface area contributed by atoms with Crippen molar-refractivity contribution >= 4 is 57.3 Å². The molecule has 0 aliphatic carbocycles. The van der Waals surface area contributed by atoms with Gasteiger partial charge < -0.3 is 14.8 Å². The Morgan fingerprint density at radius 3 is 2.67 bits per heavy atom. The molecule has 0 saturated heterocycles. The molecule has 0 spiro atoms. The van der Waals surface area contributed by atoms with Crippen molar-refractivity contribution in [3.63, 3.8) is 0 Å². The number of benzene rings is 2. The van der Waals surface area contributed by atoms with Gasteiger partial charge in [-0.3, -0.25) is 14.6 Å². The van der Waals surface area contributed by atoms with Crippen LogP contribution in [-0.2, 0) is 28.7 Å². The second kappa shape index (κ2) is 11.1. The molecule has 2 aromatic heterocycles. The third-order valence-corrected chi connectivity index (χ3v) is 7.01. The number of rotatable bonds is 11. The molecule has 11 heteroatoms. The molecule has 4 aromatic rings. The molecule has 0 unspecified atom stereocenters. The SMILES string of the molecule is CCCCc1nc2c(N)nc3ccccc3c2n1Cc1ccc(OP(=O)(O)O)c(CCC(=O)CBr)c1. The quantitative estimate of drug-likeness (QED) is 0.169. The molecule has 0 aliphatic heterocycles. The summed E-state index contributed by atoms with van der Waals surface area (Å²) < 4.78 is 18.5. The van der Waals surface area contributed by atoms with Crippen molar-refractivity contribution < 1.29 is 23.7 Å². The second-order valence-corrected chi connectivity index (χ2v) is 10.3. The number of unbranched alkanes of at least 4 members (excludes halogenated alkanes) is 1. The molecule has 4 N–H and O–H groups in total. The minimum absolute atomic E-state index is 0.0144. The van der Waals surface area contributed by atoms with E-state index in [0.29, 0.717) is 29.9 Å². The lowest BCUT2D eigenvalue weighted by Gasteiger charge is -2.15. The number of Topliss-reactive ketones (excluding diaryl/α,β-unsaturated/α-hetero) is 1. The molecule has 0 bridgehead atoms. The van der Waals surface area contributed by atoms with Gasteiger partial charge in [0.15, 0.2) is 5.82 Å². The first kappa shape index (κ1) is 26.3. The first-order valence-electron chi connectivity index (χ1n) is 11.7. The van der Waals surface area contributed by atoms with Gasteiger partial charge in [0.1, 0.15) is 22.9 Å². The van der Waals surface area contributed by atoms with Crippen molar-refractivity contribution in [2.75, 3.05) is 11.1 Å². The number of fused-ring (bicyclic) bond motifs is 3. The number of imidazole rings is 1. The van der Waals surface area contributed by atoms with Gasteiger partial charge in [-0.1, -0.05) is 59.6 Å². The number of pyridine rings is 1. The van der Waals surface area contributed by atoms with E-state index < -0.39 is 7.82 Å². The van der Waals surface area contributed by atoms with Gasteiger partial charge in [-0.05, 0) is 36.1 Å². The number of alkyl halides is 1. The second-order valence-electron chi connectivity index (χ2n) is 8.63. The Morgan fingerprint density at radius 1 is 1.17 bits per heavy atom. The monoisotopic (exact) mass is 574 g/mol. The van der Waals surface area contributed by atoms with E-state index in [1.54, 1.807) is 12.1 Å². The molecular formula is C25H28BrN4O5P. The van der Waals surface area contributed by atoms with Gasteiger partial charge in [0.05, 0.1) is 16.4 Å². The zero-order chi connectivity index (χ0) is 25.9. The molecule has 0 fully saturated rings. The fourth-order valence-corrected chi connectivity index (χ4v) is 4.98. The molecule has 9 nitrogen and oxygen atoms in total. The minimum atomic E-state index is -4.76. The fourth-order valence-electron chi connectivity index (χ4n) is 4.27. The molecule has 2 heterocycles. The number of aryl methyl sites for hydroxylation is 2. The van der Waals surface area contributed by atoms with Crippen LogP contribution in [0.1, 0.15) is 43.1 Å². The number of nitrogen functional groups attached to an aromatic ring is 1. The molecule has 0 amide bonds. The van der Waals surface area contributed by atoms with E-state index in [0.717, 1.165) is 47.1 Å². The zero-order valence-electron chi connectivity index (χ0n) is 19.9. The maximum atomic E-state index is 11.9. The molecule has 0 aliphatic rings. The summed E-state index contributed by atoms with van der Waals surface area (Å²) in [7, 11) is -4.76. The van der Waals surface area contributed by atoms with Crippen LogP contribution in [0, 0.1) is 0 Å². The first-order valence-corrected chi connectivity index (χ1v) is 14.3. The number of anilines is 1. The number of aromatic nitrogens is 3. The number of halogens is 1. The number of phosphoric ester groups is 1. The van der Waals surface area contributed by atoms with Crippen LogP contribution in [0.5, 0.6) is 5.75 Å². The number of ketones is 1. The predicted molar refractivity (Wildman–Crippen MR) is 143 cm³/mol. The Bertz CT molecular complexity index is 1470. The van der Waals surface area contributed by atoms with Crippen LogP contribution < -0.4 is 10.3 Å². The summed E-state index contributed by atoms with van der Waals surface area (Å²) in [6.07, 6.45) is 3.25. The number of nitrogens with two attached hydrogens (primary N) is 1. The van der Waals surface area contributed by atoms with E-state index in [9.17, 15) is 19.1 Å². The standard InChI is InChI=1S/C25H28BrN4O5P/c1-2-3-8-22-29-23-24(19-6-4-5-7-20(19)28-25(23)27)30(22)15-16-9-12-21(35-36(32,33)34)17(13-16)10-11-18(31)14-26/h4-7,9,12-13H,2-3,8,10-11,14-15H2,1H3,(H2,27,28)(H2,32,33,34). The van der Waals surface area contributed by atoms with E-state index in [-0.39, 0.29) is 23.3 Å². The molecule has 190 valence electrons. The number of hydrogen-bond acceptors (Lipinski definition) is 6. The van der Waals surface area contributed by atoms with Gasteiger partial charge in [0.2, 0.25) is 0 Å². The summed E-state index contributed by atoms with van der Waals surface area (Å²) >= 11 is 3.16. The van der Waals surface area contributed by atoms with Gasteiger partial charge in [-0.25, -0.2) is 14.5 Å². The first-order chi connectivity index (χ1) is 17.2. The van der Waals surface area contributed by atoms with Crippen LogP contribution in [0.4, 0.5) is 5.82 Å². The highest BCUT2D eigenvalue weighted by Crippen LogP contribution is 2.40. The number of para-hydroxylation sites is 1. The van der Waals surface area contributed by atoms with Crippen molar-refractivity contribution in [3.05, 3.63) is 59.4 Å². The Kier molecular flexibility index (Phi) is 8.10. The van der Waals surface area contributed by atoms with Crippen LogP contribution in [0.15, 0.2) is 42.5 Å². The average molecular weight is 575 g/mol. The predicted octanol–water partition coefficient (Wildman–Crippen LogP) is 4.93. The van der Waals surface area contributed by atoms with Crippen molar-refractivity contribution in [2.45, 2.75) is 45.6 Å². The Morgan fingerprint density at radius 2 is 1.94 bits per heavy atom. The Hall–Kier alpha value is -2.78. The summed E-state index contributed by atoms with van der Waals surface area (Å²) in [5, 5.41) is 1.16. The molecule has 36 heavy (non-hydrogen) atoms. The number of phosphoric acid groups is 1. The van der Waals surface area contributed by atoms with Gasteiger partial charge in [0.25, 0.3) is 0 Å². The van der Waals surface area contributed by atoms with Crippen molar-refractivity contribution in [2.24, 2.45) is 0 Å². The van der Waals surface area contributed by atoms with Crippen LogP contribution in [0.2, 0.25) is 0 Å². The van der Waals surface area contributed by atoms with E-state index in [4.69, 9.17) is 15.2 Å². The highest BCUT2D eigenvalue weighted by atomic mass is 79.9. The molecule has 2 aromatic carbocycles. The lowest BCUT2D eigenvalue weighted by molar-refractivity contribution is -0.116. The van der Waals surface area contributed by atoms with Crippen LogP contribution >= 0.6 is 23.8 Å². The maximum absolute atomic E-state index is 11.9. The lowest BCUT2D eigenvalue weighted by atomic mass is 10.0. The number of carbonyl (C=O) groups excluding carboxylic acids is 1. The molecule has 0 atom stereocenters. The molecule has 4 rings (SSSR count). The van der Waals surface area contributed by atoms with Gasteiger partial charge >= 0.3 is 7.82 Å². The Balaban J connectivity index is 1.82. The highest BCUT2D eigenvalue weighted by molar-refractivity contribution is 9.09. The van der Waals surface area contributed by atoms with E-state index in [1.807, 2.05) is 30.3 Å². The largest absolute Gasteiger partial charge is 0.524 e. The molecule has 0 radical (unpaired) electrons. The van der Waals surface area contributed by atoms with E-state index in [1.165, 1.54) is 0 Å².